The molecule has 0 radical (unpaired) electrons. The summed E-state index contributed by atoms with van der Waals surface area (Å²) >= 11 is 9.07. The van der Waals surface area contributed by atoms with E-state index in [0.717, 1.165) is 10.9 Å². The quantitative estimate of drug-likeness (QED) is 0.763. The molecule has 1 unspecified atom stereocenters. The molecule has 4 heteroatoms. The summed E-state index contributed by atoms with van der Waals surface area (Å²) in [4.78, 5) is 1.98. The Morgan fingerprint density at radius 2 is 2.13 bits per heavy atom. The zero-order valence-electron chi connectivity index (χ0n) is 8.80. The number of nitrogens with zero attached hydrogens (tertiary/aromatic N) is 1. The lowest BCUT2D eigenvalue weighted by molar-refractivity contribution is 0.285. The van der Waals surface area contributed by atoms with Crippen LogP contribution < -0.4 is 0 Å². The molecule has 0 spiro atoms. The van der Waals surface area contributed by atoms with Crippen LogP contribution in [0, 0.1) is 5.82 Å². The van der Waals surface area contributed by atoms with Crippen molar-refractivity contribution in [2.24, 2.45) is 0 Å². The summed E-state index contributed by atoms with van der Waals surface area (Å²) in [6, 6.07) is 5.02. The zero-order valence-corrected chi connectivity index (χ0v) is 11.1. The molecule has 0 aliphatic rings. The molecule has 15 heavy (non-hydrogen) atoms. The molecule has 1 aromatic rings. The van der Waals surface area contributed by atoms with E-state index in [1.807, 2.05) is 25.1 Å². The molecular weight excluding hydrogens is 280 g/mol. The van der Waals surface area contributed by atoms with Crippen LogP contribution in [-0.4, -0.2) is 24.9 Å². The van der Waals surface area contributed by atoms with E-state index in [4.69, 9.17) is 11.6 Å². The minimum atomic E-state index is -0.179. The molecule has 1 rings (SSSR count). The van der Waals surface area contributed by atoms with E-state index in [-0.39, 0.29) is 11.9 Å². The van der Waals surface area contributed by atoms with Crippen molar-refractivity contribution in [3.63, 3.8) is 0 Å². The van der Waals surface area contributed by atoms with Crippen molar-refractivity contribution in [1.29, 1.82) is 0 Å². The first kappa shape index (κ1) is 12.9. The Labute approximate surface area is 103 Å². The van der Waals surface area contributed by atoms with Crippen LogP contribution >= 0.6 is 27.5 Å². The van der Waals surface area contributed by atoms with Crippen LogP contribution in [0.3, 0.4) is 0 Å². The highest BCUT2D eigenvalue weighted by Crippen LogP contribution is 2.27. The molecule has 0 amide bonds. The van der Waals surface area contributed by atoms with Gasteiger partial charge in [0.15, 0.2) is 0 Å². The van der Waals surface area contributed by atoms with Gasteiger partial charge in [0, 0.05) is 22.0 Å². The SMILES string of the molecule is CN(C)C(CCCl)c1cc(Br)ccc1F. The lowest BCUT2D eigenvalue weighted by Crippen LogP contribution is -2.21. The second kappa shape index (κ2) is 5.83. The molecule has 0 heterocycles. The molecule has 0 saturated carbocycles. The van der Waals surface area contributed by atoms with Gasteiger partial charge in [-0.25, -0.2) is 4.39 Å². The summed E-state index contributed by atoms with van der Waals surface area (Å²) < 4.78 is 14.5. The maximum atomic E-state index is 13.6. The molecule has 84 valence electrons. The van der Waals surface area contributed by atoms with Gasteiger partial charge >= 0.3 is 0 Å². The number of hydrogen-bond acceptors (Lipinski definition) is 1. The molecule has 0 aliphatic heterocycles. The van der Waals surface area contributed by atoms with Gasteiger partial charge in [-0.05, 0) is 38.7 Å². The van der Waals surface area contributed by atoms with Crippen LogP contribution in [0.1, 0.15) is 18.0 Å². The molecule has 0 fully saturated rings. The van der Waals surface area contributed by atoms with E-state index in [0.29, 0.717) is 11.4 Å². The molecular formula is C11H14BrClFN. The van der Waals surface area contributed by atoms with Crippen LogP contribution in [0.4, 0.5) is 4.39 Å². The van der Waals surface area contributed by atoms with Gasteiger partial charge in [-0.15, -0.1) is 11.6 Å². The van der Waals surface area contributed by atoms with Crippen LogP contribution in [-0.2, 0) is 0 Å². The fourth-order valence-corrected chi connectivity index (χ4v) is 2.15. The number of alkyl halides is 1. The van der Waals surface area contributed by atoms with Gasteiger partial charge in [-0.2, -0.15) is 0 Å². The maximum Gasteiger partial charge on any atom is 0.128 e. The number of benzene rings is 1. The van der Waals surface area contributed by atoms with Crippen molar-refractivity contribution in [3.05, 3.63) is 34.1 Å². The largest absolute Gasteiger partial charge is 0.302 e. The first-order valence-electron chi connectivity index (χ1n) is 4.73. The second-order valence-corrected chi connectivity index (χ2v) is 4.92. The van der Waals surface area contributed by atoms with Gasteiger partial charge in [0.1, 0.15) is 5.82 Å². The first-order chi connectivity index (χ1) is 7.06. The highest BCUT2D eigenvalue weighted by molar-refractivity contribution is 9.10. The summed E-state index contributed by atoms with van der Waals surface area (Å²) in [5.74, 6) is 0.344. The van der Waals surface area contributed by atoms with Gasteiger partial charge in [-0.3, -0.25) is 0 Å². The highest BCUT2D eigenvalue weighted by atomic mass is 79.9. The summed E-state index contributed by atoms with van der Waals surface area (Å²) in [5, 5.41) is 0. The van der Waals surface area contributed by atoms with E-state index in [1.165, 1.54) is 6.07 Å². The predicted octanol–water partition coefficient (Wildman–Crippen LogP) is 3.82. The Kier molecular flexibility index (Phi) is 5.03. The van der Waals surface area contributed by atoms with Crippen LogP contribution in [0.2, 0.25) is 0 Å². The van der Waals surface area contributed by atoms with Gasteiger partial charge in [0.05, 0.1) is 0 Å². The molecule has 1 aromatic carbocycles. The van der Waals surface area contributed by atoms with Crippen molar-refractivity contribution in [3.8, 4) is 0 Å². The van der Waals surface area contributed by atoms with E-state index in [1.54, 1.807) is 6.07 Å². The Hall–Kier alpha value is -0.120. The second-order valence-electron chi connectivity index (χ2n) is 3.62. The lowest BCUT2D eigenvalue weighted by Gasteiger charge is -2.24. The van der Waals surface area contributed by atoms with E-state index in [2.05, 4.69) is 15.9 Å². The van der Waals surface area contributed by atoms with E-state index >= 15 is 0 Å². The molecule has 0 bridgehead atoms. The van der Waals surface area contributed by atoms with Gasteiger partial charge < -0.3 is 4.90 Å². The smallest absolute Gasteiger partial charge is 0.128 e. The molecule has 1 atom stereocenters. The lowest BCUT2D eigenvalue weighted by atomic mass is 10.0. The summed E-state index contributed by atoms with van der Waals surface area (Å²) in [5.41, 5.74) is 0.690. The van der Waals surface area contributed by atoms with Crippen molar-refractivity contribution in [2.45, 2.75) is 12.5 Å². The van der Waals surface area contributed by atoms with Crippen LogP contribution in [0.25, 0.3) is 0 Å². The van der Waals surface area contributed by atoms with E-state index < -0.39 is 0 Å². The van der Waals surface area contributed by atoms with Gasteiger partial charge in [0.2, 0.25) is 0 Å². The third kappa shape index (κ3) is 3.44. The monoisotopic (exact) mass is 293 g/mol. The fourth-order valence-electron chi connectivity index (χ4n) is 1.57. The topological polar surface area (TPSA) is 3.24 Å². The first-order valence-corrected chi connectivity index (χ1v) is 6.06. The minimum absolute atomic E-state index is 0.0278. The predicted molar refractivity (Wildman–Crippen MR) is 65.9 cm³/mol. The molecule has 0 N–H and O–H groups in total. The molecule has 0 saturated heterocycles. The maximum absolute atomic E-state index is 13.6. The third-order valence-corrected chi connectivity index (χ3v) is 3.03. The third-order valence-electron chi connectivity index (χ3n) is 2.32. The molecule has 1 nitrogen and oxygen atoms in total. The number of halogens is 3. The Morgan fingerprint density at radius 3 is 2.67 bits per heavy atom. The standard InChI is InChI=1S/C11H14BrClFN/c1-15(2)11(5-6-13)9-7-8(12)3-4-10(9)14/h3-4,7,11H,5-6H2,1-2H3. The Balaban J connectivity index is 3.04. The van der Waals surface area contributed by atoms with Crippen molar-refractivity contribution in [2.75, 3.05) is 20.0 Å². The minimum Gasteiger partial charge on any atom is -0.302 e. The summed E-state index contributed by atoms with van der Waals surface area (Å²) in [7, 11) is 3.86. The van der Waals surface area contributed by atoms with Crippen molar-refractivity contribution < 1.29 is 4.39 Å². The van der Waals surface area contributed by atoms with Gasteiger partial charge in [-0.1, -0.05) is 15.9 Å². The Morgan fingerprint density at radius 1 is 1.47 bits per heavy atom. The van der Waals surface area contributed by atoms with Crippen LogP contribution in [0.5, 0.6) is 0 Å². The summed E-state index contributed by atoms with van der Waals surface area (Å²) in [6.07, 6.45) is 0.738. The molecule has 0 aliphatic carbocycles. The Bertz CT molecular complexity index is 330. The van der Waals surface area contributed by atoms with Crippen LogP contribution in [0.15, 0.2) is 22.7 Å². The van der Waals surface area contributed by atoms with Crippen molar-refractivity contribution in [1.82, 2.24) is 4.90 Å². The number of rotatable bonds is 4. The fraction of sp³-hybridized carbons (Fsp3) is 0.455. The average Bonchev–Trinajstić information content (AvgIpc) is 2.18. The molecule has 0 aromatic heterocycles. The number of hydrogen-bond donors (Lipinski definition) is 0. The average molecular weight is 295 g/mol. The zero-order chi connectivity index (χ0) is 11.4. The highest BCUT2D eigenvalue weighted by Gasteiger charge is 2.17. The van der Waals surface area contributed by atoms with E-state index in [9.17, 15) is 4.39 Å². The van der Waals surface area contributed by atoms with Gasteiger partial charge in [0.25, 0.3) is 0 Å². The summed E-state index contributed by atoms with van der Waals surface area (Å²) in [6.45, 7) is 0. The normalized spacial score (nSPS) is 13.2. The van der Waals surface area contributed by atoms with Crippen molar-refractivity contribution >= 4 is 27.5 Å².